The summed E-state index contributed by atoms with van der Waals surface area (Å²) in [6.45, 7) is 15.0. The molecule has 6 heteroatoms. The fourth-order valence-electron chi connectivity index (χ4n) is 2.64. The van der Waals surface area contributed by atoms with Crippen molar-refractivity contribution in [2.24, 2.45) is 0 Å². The lowest BCUT2D eigenvalue weighted by Crippen LogP contribution is -2.50. The number of rotatable bonds is 12. The molecule has 0 amide bonds. The lowest BCUT2D eigenvalue weighted by Gasteiger charge is -2.39. The molecule has 0 atom stereocenters. The zero-order valence-corrected chi connectivity index (χ0v) is 19.2. The van der Waals surface area contributed by atoms with Crippen LogP contribution in [0.2, 0.25) is 0 Å². The van der Waals surface area contributed by atoms with Crippen molar-refractivity contribution >= 4 is 49.6 Å². The Morgan fingerprint density at radius 3 is 0.864 bits per heavy atom. The van der Waals surface area contributed by atoms with Gasteiger partial charge >= 0.3 is 9.39 Å². The molecular weight excluding hydrogens is 375 g/mol. The van der Waals surface area contributed by atoms with E-state index in [2.05, 4.69) is 27.7 Å². The summed E-state index contributed by atoms with van der Waals surface area (Å²) < 4.78 is 1.42. The van der Waals surface area contributed by atoms with Crippen molar-refractivity contribution in [1.29, 1.82) is 0 Å². The summed E-state index contributed by atoms with van der Waals surface area (Å²) >= 11 is 0. The minimum Gasteiger partial charge on any atom is -0.391 e. The van der Waals surface area contributed by atoms with Gasteiger partial charge in [-0.1, -0.05) is 53.4 Å². The molecule has 0 spiro atoms. The second-order valence-corrected chi connectivity index (χ2v) is 19.0. The van der Waals surface area contributed by atoms with Crippen molar-refractivity contribution in [3.8, 4) is 0 Å². The Bertz CT molecular complexity index is 191. The highest BCUT2D eigenvalue weighted by Crippen LogP contribution is 2.23. The van der Waals surface area contributed by atoms with Crippen LogP contribution in [0.3, 0.4) is 0 Å². The number of hydrogen-bond acceptors (Lipinski definition) is 0. The van der Waals surface area contributed by atoms with Crippen LogP contribution in [-0.4, -0.2) is 40.1 Å². The summed E-state index contributed by atoms with van der Waals surface area (Å²) in [5, 5.41) is 0. The van der Waals surface area contributed by atoms with E-state index in [-0.39, 0.29) is 0 Å². The Hall–Kier alpha value is 1.65. The lowest BCUT2D eigenvalue weighted by atomic mass is 10.1. The van der Waals surface area contributed by atoms with Crippen molar-refractivity contribution < 1.29 is 4.48 Å². The van der Waals surface area contributed by atoms with Crippen LogP contribution in [-0.2, 0) is 0 Å². The van der Waals surface area contributed by atoms with E-state index in [1.54, 1.807) is 0 Å². The Morgan fingerprint density at radius 2 is 0.727 bits per heavy atom. The second kappa shape index (κ2) is 16.1. The fourth-order valence-corrected chi connectivity index (χ4v) is 2.64. The molecule has 0 aliphatic carbocycles. The third kappa shape index (κ3) is 19.7. The molecule has 0 saturated heterocycles. The number of unbranched alkanes of at least 4 members (excludes halogenated alkanes) is 4. The van der Waals surface area contributed by atoms with E-state index in [0.717, 1.165) is 0 Å². The Balaban J connectivity index is 0. The maximum Gasteiger partial charge on any atom is 0.564 e. The topological polar surface area (TPSA) is 0 Å². The molecule has 0 aromatic heterocycles. The van der Waals surface area contributed by atoms with Gasteiger partial charge in [-0.15, -0.1) is 0 Å². The van der Waals surface area contributed by atoms with E-state index < -0.39 is 9.39 Å². The quantitative estimate of drug-likeness (QED) is 0.232. The predicted molar refractivity (Wildman–Crippen MR) is 109 cm³/mol. The molecule has 0 aromatic rings. The first-order valence-electron chi connectivity index (χ1n) is 8.97. The summed E-state index contributed by atoms with van der Waals surface area (Å²) in [6, 6.07) is 0. The first kappa shape index (κ1) is 25.9. The maximum absolute atomic E-state index is 4.99. The summed E-state index contributed by atoms with van der Waals surface area (Å²) in [5.41, 5.74) is 0. The van der Waals surface area contributed by atoms with Crippen LogP contribution < -0.4 is 0 Å². The van der Waals surface area contributed by atoms with Crippen LogP contribution in [0.25, 0.3) is 0 Å². The summed E-state index contributed by atoms with van der Waals surface area (Å²) in [6.07, 6.45) is 11.1. The van der Waals surface area contributed by atoms with Crippen LogP contribution >= 0.6 is 40.2 Å². The summed E-state index contributed by atoms with van der Waals surface area (Å²) in [5.74, 6) is 0. The lowest BCUT2D eigenvalue weighted by molar-refractivity contribution is -0.929. The predicted octanol–water partition coefficient (Wildman–Crippen LogP) is 7.38. The first-order valence-corrected chi connectivity index (χ1v) is 15.9. The molecule has 0 aliphatic heterocycles. The first-order chi connectivity index (χ1) is 10.2. The van der Waals surface area contributed by atoms with Gasteiger partial charge in [-0.3, -0.25) is 0 Å². The zero-order chi connectivity index (χ0) is 17.5. The van der Waals surface area contributed by atoms with Gasteiger partial charge in [-0.05, 0) is 25.7 Å². The fraction of sp³-hybridized carbons (Fsp3) is 1.00. The van der Waals surface area contributed by atoms with E-state index in [0.29, 0.717) is 0 Å². The van der Waals surface area contributed by atoms with Crippen molar-refractivity contribution in [3.63, 3.8) is 0 Å². The Labute approximate surface area is 158 Å². The third-order valence-electron chi connectivity index (χ3n) is 3.94. The maximum atomic E-state index is 4.99. The molecule has 136 valence electrons. The van der Waals surface area contributed by atoms with Crippen molar-refractivity contribution in [2.45, 2.75) is 79.1 Å². The standard InChI is InChI=1S/C16H36N.Al.4ClH/c1-5-9-13-17(14-10-6-2,15-11-7-3)16-12-8-4;;;;;/h5-16H2,1-4H3;;4*1H/q+1;+3;;;;/p-4. The average molecular weight is 411 g/mol. The summed E-state index contributed by atoms with van der Waals surface area (Å²) in [7, 11) is 17.0. The van der Waals surface area contributed by atoms with Gasteiger partial charge in [0.1, 0.15) is 0 Å². The van der Waals surface area contributed by atoms with Gasteiger partial charge in [-0.2, -0.15) is 0 Å². The average Bonchev–Trinajstić information content (AvgIpc) is 2.44. The van der Waals surface area contributed by atoms with Crippen molar-refractivity contribution in [1.82, 2.24) is 0 Å². The number of quaternary nitrogens is 1. The molecule has 0 saturated carbocycles. The minimum absolute atomic E-state index is 1.35. The monoisotopic (exact) mass is 409 g/mol. The van der Waals surface area contributed by atoms with Gasteiger partial charge in [0.05, 0.1) is 26.2 Å². The minimum atomic E-state index is -2.94. The highest BCUT2D eigenvalue weighted by molar-refractivity contribution is 7.81. The van der Waals surface area contributed by atoms with Crippen LogP contribution in [0.4, 0.5) is 0 Å². The molecule has 0 rings (SSSR count). The molecular formula is C16H36AlCl4N. The van der Waals surface area contributed by atoms with Gasteiger partial charge in [0.25, 0.3) is 0 Å². The third-order valence-corrected chi connectivity index (χ3v) is 3.94. The zero-order valence-electron chi connectivity index (χ0n) is 15.0. The molecule has 0 radical (unpaired) electrons. The molecule has 1 nitrogen and oxygen atoms in total. The molecule has 0 aliphatic rings. The normalized spacial score (nSPS) is 12.0. The molecule has 0 bridgehead atoms. The van der Waals surface area contributed by atoms with Gasteiger partial charge in [0.15, 0.2) is 0 Å². The molecule has 0 aromatic carbocycles. The highest BCUT2D eigenvalue weighted by atomic mass is 35.9. The van der Waals surface area contributed by atoms with Gasteiger partial charge in [0, 0.05) is 0 Å². The van der Waals surface area contributed by atoms with Crippen LogP contribution in [0.5, 0.6) is 0 Å². The van der Waals surface area contributed by atoms with Crippen LogP contribution in [0.1, 0.15) is 79.1 Å². The summed E-state index contributed by atoms with van der Waals surface area (Å²) in [4.78, 5) is 0. The highest BCUT2D eigenvalue weighted by Gasteiger charge is 2.24. The largest absolute Gasteiger partial charge is 0.564 e. The molecule has 0 unspecified atom stereocenters. The van der Waals surface area contributed by atoms with E-state index in [1.165, 1.54) is 82.0 Å². The molecule has 0 fully saturated rings. The van der Waals surface area contributed by atoms with Crippen molar-refractivity contribution in [3.05, 3.63) is 0 Å². The van der Waals surface area contributed by atoms with Crippen LogP contribution in [0.15, 0.2) is 0 Å². The van der Waals surface area contributed by atoms with Gasteiger partial charge < -0.3 is 44.7 Å². The van der Waals surface area contributed by atoms with Gasteiger partial charge in [-0.25, -0.2) is 0 Å². The van der Waals surface area contributed by atoms with E-state index in [4.69, 9.17) is 40.2 Å². The van der Waals surface area contributed by atoms with E-state index >= 15 is 0 Å². The van der Waals surface area contributed by atoms with Crippen molar-refractivity contribution in [2.75, 3.05) is 26.2 Å². The Kier molecular flexibility index (Phi) is 19.0. The van der Waals surface area contributed by atoms with E-state index in [1.807, 2.05) is 0 Å². The van der Waals surface area contributed by atoms with Gasteiger partial charge in [0.2, 0.25) is 0 Å². The smallest absolute Gasteiger partial charge is 0.391 e. The van der Waals surface area contributed by atoms with E-state index in [9.17, 15) is 0 Å². The second-order valence-electron chi connectivity index (χ2n) is 6.15. The van der Waals surface area contributed by atoms with Crippen LogP contribution in [0, 0.1) is 0 Å². The molecule has 0 N–H and O–H groups in total. The SMILES string of the molecule is CCCC[N+](CCCC)(CCCC)CCCC.[Cl][Al-]([Cl])([Cl])[Cl]. The molecule has 22 heavy (non-hydrogen) atoms. The number of halogens is 4. The molecule has 0 heterocycles. The number of nitrogens with zero attached hydrogens (tertiary/aromatic N) is 1. The Morgan fingerprint density at radius 1 is 0.545 bits per heavy atom. The number of hydrogen-bond donors (Lipinski definition) is 0.